The van der Waals surface area contributed by atoms with Crippen molar-refractivity contribution >= 4 is 17.5 Å². The Morgan fingerprint density at radius 3 is 2.84 bits per heavy atom. The first kappa shape index (κ1) is 14.2. The van der Waals surface area contributed by atoms with Crippen molar-refractivity contribution in [3.8, 4) is 5.75 Å². The van der Waals surface area contributed by atoms with Crippen LogP contribution in [0.2, 0.25) is 5.02 Å². The summed E-state index contributed by atoms with van der Waals surface area (Å²) in [6.07, 6.45) is 2.46. The van der Waals surface area contributed by atoms with Gasteiger partial charge >= 0.3 is 0 Å². The number of ether oxygens (including phenoxy) is 1. The third kappa shape index (κ3) is 4.11. The first-order valence-corrected chi connectivity index (χ1v) is 6.79. The summed E-state index contributed by atoms with van der Waals surface area (Å²) in [6.45, 7) is 0.726. The molecule has 104 valence electrons. The Hall–Kier alpha value is -1.26. The molecule has 19 heavy (non-hydrogen) atoms. The summed E-state index contributed by atoms with van der Waals surface area (Å²) in [4.78, 5) is 13.1. The van der Waals surface area contributed by atoms with E-state index in [1.807, 2.05) is 12.1 Å². The summed E-state index contributed by atoms with van der Waals surface area (Å²) in [5.41, 5.74) is 0.992. The lowest BCUT2D eigenvalue weighted by molar-refractivity contribution is -0.130. The molecule has 1 aromatic rings. The Morgan fingerprint density at radius 2 is 2.21 bits per heavy atom. The van der Waals surface area contributed by atoms with Gasteiger partial charge in [-0.3, -0.25) is 4.79 Å². The van der Waals surface area contributed by atoms with Gasteiger partial charge < -0.3 is 15.0 Å². The Balaban J connectivity index is 2.01. The summed E-state index contributed by atoms with van der Waals surface area (Å²) in [5, 5.41) is 3.96. The van der Waals surface area contributed by atoms with Gasteiger partial charge in [0.25, 0.3) is 5.91 Å². The van der Waals surface area contributed by atoms with Gasteiger partial charge in [0.05, 0.1) is 5.02 Å². The number of hydrogen-bond acceptors (Lipinski definition) is 3. The Morgan fingerprint density at radius 1 is 1.47 bits per heavy atom. The lowest BCUT2D eigenvalue weighted by atomic mass is 10.2. The number of benzene rings is 1. The van der Waals surface area contributed by atoms with Gasteiger partial charge in [0.2, 0.25) is 0 Å². The minimum atomic E-state index is -0.0824. The molecular formula is C14H19ClN2O2. The van der Waals surface area contributed by atoms with Crippen molar-refractivity contribution in [1.82, 2.24) is 10.2 Å². The number of rotatable bonds is 6. The smallest absolute Gasteiger partial charge is 0.259 e. The molecule has 4 nitrogen and oxygen atoms in total. The van der Waals surface area contributed by atoms with E-state index in [9.17, 15) is 4.79 Å². The molecule has 0 aromatic heterocycles. The standard InChI is InChI=1S/C14H19ClN2O2/c1-17(2)13(18)9-19-14-10(4-3-5-12(14)15)8-16-11-6-7-11/h3-5,11,16H,6-9H2,1-2H3. The molecule has 1 N–H and O–H groups in total. The van der Waals surface area contributed by atoms with Crippen LogP contribution in [0.4, 0.5) is 0 Å². The van der Waals surface area contributed by atoms with Crippen LogP contribution in [0.15, 0.2) is 18.2 Å². The van der Waals surface area contributed by atoms with Crippen molar-refractivity contribution < 1.29 is 9.53 Å². The highest BCUT2D eigenvalue weighted by molar-refractivity contribution is 6.32. The SMILES string of the molecule is CN(C)C(=O)COc1c(Cl)cccc1CNC1CC1. The van der Waals surface area contributed by atoms with Crippen molar-refractivity contribution in [2.75, 3.05) is 20.7 Å². The van der Waals surface area contributed by atoms with Gasteiger partial charge in [-0.25, -0.2) is 0 Å². The van der Waals surface area contributed by atoms with E-state index in [2.05, 4.69) is 5.32 Å². The molecule has 1 fully saturated rings. The number of carbonyl (C=O) groups is 1. The van der Waals surface area contributed by atoms with Crippen LogP contribution < -0.4 is 10.1 Å². The summed E-state index contributed by atoms with van der Waals surface area (Å²) in [5.74, 6) is 0.522. The fraction of sp³-hybridized carbons (Fsp3) is 0.500. The van der Waals surface area contributed by atoms with Crippen molar-refractivity contribution in [1.29, 1.82) is 0 Å². The summed E-state index contributed by atoms with van der Waals surface area (Å²) < 4.78 is 5.58. The van der Waals surface area contributed by atoms with Gasteiger partial charge in [-0.05, 0) is 18.9 Å². The largest absolute Gasteiger partial charge is 0.482 e. The lowest BCUT2D eigenvalue weighted by Crippen LogP contribution is -2.28. The number of nitrogens with one attached hydrogen (secondary N) is 1. The molecule has 0 radical (unpaired) electrons. The number of amides is 1. The molecule has 1 aliphatic carbocycles. The van der Waals surface area contributed by atoms with E-state index in [0.29, 0.717) is 16.8 Å². The van der Waals surface area contributed by atoms with E-state index in [4.69, 9.17) is 16.3 Å². The van der Waals surface area contributed by atoms with E-state index in [1.165, 1.54) is 17.7 Å². The fourth-order valence-corrected chi connectivity index (χ4v) is 1.91. The maximum absolute atomic E-state index is 11.6. The molecule has 0 spiro atoms. The van der Waals surface area contributed by atoms with Gasteiger partial charge in [-0.2, -0.15) is 0 Å². The van der Waals surface area contributed by atoms with Crippen LogP contribution >= 0.6 is 11.6 Å². The second kappa shape index (κ2) is 6.26. The average molecular weight is 283 g/mol. The molecule has 0 saturated heterocycles. The predicted octanol–water partition coefficient (Wildman–Crippen LogP) is 2.06. The van der Waals surface area contributed by atoms with Crippen LogP contribution in [0.5, 0.6) is 5.75 Å². The monoisotopic (exact) mass is 282 g/mol. The van der Waals surface area contributed by atoms with Gasteiger partial charge in [-0.1, -0.05) is 23.7 Å². The highest BCUT2D eigenvalue weighted by Crippen LogP contribution is 2.29. The molecular weight excluding hydrogens is 264 g/mol. The Labute approximate surface area is 118 Å². The molecule has 1 aliphatic rings. The predicted molar refractivity (Wildman–Crippen MR) is 75.5 cm³/mol. The Bertz CT molecular complexity index is 459. The number of halogens is 1. The van der Waals surface area contributed by atoms with Crippen LogP contribution in [0.1, 0.15) is 18.4 Å². The van der Waals surface area contributed by atoms with Crippen LogP contribution in [0, 0.1) is 0 Å². The molecule has 1 aromatic carbocycles. The number of para-hydroxylation sites is 1. The second-order valence-electron chi connectivity index (χ2n) is 4.96. The topological polar surface area (TPSA) is 41.6 Å². The van der Waals surface area contributed by atoms with Crippen molar-refractivity contribution in [2.24, 2.45) is 0 Å². The van der Waals surface area contributed by atoms with Crippen LogP contribution in [0.25, 0.3) is 0 Å². The molecule has 0 bridgehead atoms. The van der Waals surface area contributed by atoms with E-state index in [-0.39, 0.29) is 12.5 Å². The van der Waals surface area contributed by atoms with Crippen molar-refractivity contribution in [2.45, 2.75) is 25.4 Å². The molecule has 0 heterocycles. The summed E-state index contributed by atoms with van der Waals surface area (Å²) in [6, 6.07) is 6.26. The van der Waals surface area contributed by atoms with Crippen LogP contribution in [0.3, 0.4) is 0 Å². The van der Waals surface area contributed by atoms with Gasteiger partial charge in [0.1, 0.15) is 5.75 Å². The highest BCUT2D eigenvalue weighted by atomic mass is 35.5. The first-order valence-electron chi connectivity index (χ1n) is 6.41. The maximum Gasteiger partial charge on any atom is 0.259 e. The molecule has 0 aliphatic heterocycles. The van der Waals surface area contributed by atoms with E-state index in [0.717, 1.165) is 12.1 Å². The summed E-state index contributed by atoms with van der Waals surface area (Å²) >= 11 is 6.15. The van der Waals surface area contributed by atoms with Gasteiger partial charge in [-0.15, -0.1) is 0 Å². The molecule has 0 atom stereocenters. The minimum absolute atomic E-state index is 0.00711. The zero-order valence-corrected chi connectivity index (χ0v) is 12.0. The van der Waals surface area contributed by atoms with Crippen molar-refractivity contribution in [3.05, 3.63) is 28.8 Å². The molecule has 2 rings (SSSR count). The zero-order valence-electron chi connectivity index (χ0n) is 11.3. The Kier molecular flexibility index (Phi) is 4.66. The fourth-order valence-electron chi connectivity index (χ4n) is 1.66. The van der Waals surface area contributed by atoms with Gasteiger partial charge in [0.15, 0.2) is 6.61 Å². The molecule has 5 heteroatoms. The molecule has 1 saturated carbocycles. The minimum Gasteiger partial charge on any atom is -0.482 e. The number of hydrogen-bond donors (Lipinski definition) is 1. The molecule has 1 amide bonds. The van der Waals surface area contributed by atoms with Crippen molar-refractivity contribution in [3.63, 3.8) is 0 Å². The zero-order chi connectivity index (χ0) is 13.8. The molecule has 0 unspecified atom stereocenters. The van der Waals surface area contributed by atoms with Gasteiger partial charge in [0, 0.05) is 32.2 Å². The number of nitrogens with zero attached hydrogens (tertiary/aromatic N) is 1. The van der Waals surface area contributed by atoms with E-state index >= 15 is 0 Å². The second-order valence-corrected chi connectivity index (χ2v) is 5.37. The highest BCUT2D eigenvalue weighted by Gasteiger charge is 2.21. The first-order chi connectivity index (χ1) is 9.08. The average Bonchev–Trinajstić information content (AvgIpc) is 3.18. The third-order valence-corrected chi connectivity index (χ3v) is 3.34. The normalized spacial score (nSPS) is 14.3. The third-order valence-electron chi connectivity index (χ3n) is 3.05. The van der Waals surface area contributed by atoms with Crippen LogP contribution in [-0.4, -0.2) is 37.6 Å². The number of carbonyl (C=O) groups excluding carboxylic acids is 1. The number of likely N-dealkylation sites (N-methyl/N-ethyl adjacent to an activating group) is 1. The maximum atomic E-state index is 11.6. The summed E-state index contributed by atoms with van der Waals surface area (Å²) in [7, 11) is 3.40. The quantitative estimate of drug-likeness (QED) is 0.868. The lowest BCUT2D eigenvalue weighted by Gasteiger charge is -2.15. The van der Waals surface area contributed by atoms with E-state index in [1.54, 1.807) is 20.2 Å². The van der Waals surface area contributed by atoms with Crippen LogP contribution in [-0.2, 0) is 11.3 Å². The van der Waals surface area contributed by atoms with E-state index < -0.39 is 0 Å².